The number of methoxy groups -OCH3 is 1. The average Bonchev–Trinajstić information content (AvgIpc) is 2.38. The summed E-state index contributed by atoms with van der Waals surface area (Å²) in [6.07, 6.45) is 1.85. The number of aromatic nitrogens is 1. The Morgan fingerprint density at radius 3 is 2.39 bits per heavy atom. The Hall–Kier alpha value is -1.87. The van der Waals surface area contributed by atoms with E-state index in [1.807, 2.05) is 44.3 Å². The highest BCUT2D eigenvalue weighted by Gasteiger charge is 2.13. The van der Waals surface area contributed by atoms with Crippen molar-refractivity contribution in [3.63, 3.8) is 0 Å². The van der Waals surface area contributed by atoms with Gasteiger partial charge in [0.15, 0.2) is 0 Å². The fourth-order valence-corrected chi connectivity index (χ4v) is 2.02. The second-order valence-electron chi connectivity index (χ2n) is 4.47. The third-order valence-electron chi connectivity index (χ3n) is 3.02. The van der Waals surface area contributed by atoms with Crippen LogP contribution in [0, 0.1) is 13.8 Å². The number of rotatable bonds is 3. The van der Waals surface area contributed by atoms with Crippen LogP contribution in [-0.2, 0) is 0 Å². The summed E-state index contributed by atoms with van der Waals surface area (Å²) in [7, 11) is 1.65. The minimum absolute atomic E-state index is 0.198. The van der Waals surface area contributed by atoms with Crippen LogP contribution in [0.15, 0.2) is 36.5 Å². The summed E-state index contributed by atoms with van der Waals surface area (Å²) < 4.78 is 5.14. The smallest absolute Gasteiger partial charge is 0.118 e. The summed E-state index contributed by atoms with van der Waals surface area (Å²) in [6.45, 7) is 4.07. The lowest BCUT2D eigenvalue weighted by molar-refractivity contribution is 0.414. The molecule has 1 heterocycles. The summed E-state index contributed by atoms with van der Waals surface area (Å²) in [4.78, 5) is 4.44. The lowest BCUT2D eigenvalue weighted by Gasteiger charge is -2.15. The summed E-state index contributed by atoms with van der Waals surface area (Å²) in [6, 6.07) is 9.69. The minimum Gasteiger partial charge on any atom is -0.497 e. The average molecular weight is 242 g/mol. The number of hydrogen-bond donors (Lipinski definition) is 1. The molecule has 2 N–H and O–H groups in total. The molecule has 0 saturated carbocycles. The summed E-state index contributed by atoms with van der Waals surface area (Å²) >= 11 is 0. The molecule has 3 nitrogen and oxygen atoms in total. The van der Waals surface area contributed by atoms with Gasteiger partial charge in [0.2, 0.25) is 0 Å². The lowest BCUT2D eigenvalue weighted by atomic mass is 10.00. The zero-order chi connectivity index (χ0) is 13.1. The van der Waals surface area contributed by atoms with Gasteiger partial charge in [-0.25, -0.2) is 0 Å². The molecule has 0 aliphatic rings. The Bertz CT molecular complexity index is 535. The molecule has 18 heavy (non-hydrogen) atoms. The molecule has 1 unspecified atom stereocenters. The van der Waals surface area contributed by atoms with Crippen LogP contribution in [0.25, 0.3) is 0 Å². The zero-order valence-electron chi connectivity index (χ0n) is 11.0. The molecule has 1 aromatic heterocycles. The molecule has 0 spiro atoms. The van der Waals surface area contributed by atoms with Crippen LogP contribution in [0.5, 0.6) is 5.75 Å². The maximum Gasteiger partial charge on any atom is 0.118 e. The zero-order valence-corrected chi connectivity index (χ0v) is 11.0. The van der Waals surface area contributed by atoms with Crippen LogP contribution in [-0.4, -0.2) is 12.1 Å². The number of pyridine rings is 1. The number of aryl methyl sites for hydroxylation is 2. The highest BCUT2D eigenvalue weighted by molar-refractivity contribution is 5.36. The first-order valence-corrected chi connectivity index (χ1v) is 5.94. The van der Waals surface area contributed by atoms with E-state index in [4.69, 9.17) is 10.5 Å². The van der Waals surface area contributed by atoms with Gasteiger partial charge in [-0.2, -0.15) is 0 Å². The number of hydrogen-bond acceptors (Lipinski definition) is 3. The molecule has 0 amide bonds. The molecule has 2 rings (SSSR count). The molecule has 2 aromatic rings. The largest absolute Gasteiger partial charge is 0.497 e. The van der Waals surface area contributed by atoms with Crippen LogP contribution in [0.3, 0.4) is 0 Å². The molecule has 0 bridgehead atoms. The standard InChI is InChI=1S/C15H18N2O/c1-10-8-11(2)15(17-9-10)14(16)12-4-6-13(18-3)7-5-12/h4-9,14H,16H2,1-3H3. The lowest BCUT2D eigenvalue weighted by Crippen LogP contribution is -2.15. The van der Waals surface area contributed by atoms with Crippen molar-refractivity contribution in [2.75, 3.05) is 7.11 Å². The molecule has 94 valence electrons. The Morgan fingerprint density at radius 2 is 1.83 bits per heavy atom. The molecular formula is C15H18N2O. The first kappa shape index (κ1) is 12.6. The van der Waals surface area contributed by atoms with Gasteiger partial charge in [0.05, 0.1) is 18.8 Å². The minimum atomic E-state index is -0.198. The quantitative estimate of drug-likeness (QED) is 0.900. The molecule has 3 heteroatoms. The van der Waals surface area contributed by atoms with Crippen molar-refractivity contribution in [2.45, 2.75) is 19.9 Å². The number of benzene rings is 1. The molecule has 0 fully saturated rings. The van der Waals surface area contributed by atoms with Gasteiger partial charge >= 0.3 is 0 Å². The fourth-order valence-electron chi connectivity index (χ4n) is 2.02. The summed E-state index contributed by atoms with van der Waals surface area (Å²) in [5, 5.41) is 0. The van der Waals surface area contributed by atoms with Crippen LogP contribution >= 0.6 is 0 Å². The second kappa shape index (κ2) is 5.19. The predicted molar refractivity (Wildman–Crippen MR) is 72.7 cm³/mol. The number of ether oxygens (including phenoxy) is 1. The van der Waals surface area contributed by atoms with Gasteiger partial charge in [-0.15, -0.1) is 0 Å². The molecule has 0 saturated heterocycles. The van der Waals surface area contributed by atoms with Gasteiger partial charge < -0.3 is 10.5 Å². The molecular weight excluding hydrogens is 224 g/mol. The third-order valence-corrected chi connectivity index (χ3v) is 3.02. The van der Waals surface area contributed by atoms with E-state index < -0.39 is 0 Å². The monoisotopic (exact) mass is 242 g/mol. The first-order valence-electron chi connectivity index (χ1n) is 5.94. The van der Waals surface area contributed by atoms with Crippen molar-refractivity contribution in [3.8, 4) is 5.75 Å². The Morgan fingerprint density at radius 1 is 1.17 bits per heavy atom. The third kappa shape index (κ3) is 2.51. The second-order valence-corrected chi connectivity index (χ2v) is 4.47. The van der Waals surface area contributed by atoms with Crippen LogP contribution in [0.2, 0.25) is 0 Å². The van der Waals surface area contributed by atoms with E-state index in [0.717, 1.165) is 28.1 Å². The maximum atomic E-state index is 6.26. The highest BCUT2D eigenvalue weighted by Crippen LogP contribution is 2.23. The Kier molecular flexibility index (Phi) is 3.63. The van der Waals surface area contributed by atoms with Crippen molar-refractivity contribution in [3.05, 3.63) is 58.9 Å². The van der Waals surface area contributed by atoms with Crippen LogP contribution in [0.1, 0.15) is 28.4 Å². The van der Waals surface area contributed by atoms with Crippen LogP contribution < -0.4 is 10.5 Å². The SMILES string of the molecule is COc1ccc(C(N)c2ncc(C)cc2C)cc1. The van der Waals surface area contributed by atoms with Crippen molar-refractivity contribution in [2.24, 2.45) is 5.73 Å². The van der Waals surface area contributed by atoms with Crippen LogP contribution in [0.4, 0.5) is 0 Å². The van der Waals surface area contributed by atoms with E-state index in [2.05, 4.69) is 11.1 Å². The van der Waals surface area contributed by atoms with Gasteiger partial charge in [-0.1, -0.05) is 18.2 Å². The van der Waals surface area contributed by atoms with Gasteiger partial charge in [0.25, 0.3) is 0 Å². The molecule has 0 aliphatic carbocycles. The Labute approximate surface area is 108 Å². The van der Waals surface area contributed by atoms with Gasteiger partial charge in [-0.05, 0) is 42.7 Å². The van der Waals surface area contributed by atoms with Gasteiger partial charge in [0, 0.05) is 6.20 Å². The molecule has 0 radical (unpaired) electrons. The van der Waals surface area contributed by atoms with Crippen molar-refractivity contribution in [1.29, 1.82) is 0 Å². The van der Waals surface area contributed by atoms with Gasteiger partial charge in [-0.3, -0.25) is 4.98 Å². The topological polar surface area (TPSA) is 48.1 Å². The van der Waals surface area contributed by atoms with E-state index in [0.29, 0.717) is 0 Å². The first-order chi connectivity index (χ1) is 8.61. The van der Waals surface area contributed by atoms with E-state index in [9.17, 15) is 0 Å². The van der Waals surface area contributed by atoms with E-state index in [1.165, 1.54) is 0 Å². The fraction of sp³-hybridized carbons (Fsp3) is 0.267. The molecule has 1 aromatic carbocycles. The van der Waals surface area contributed by atoms with E-state index in [1.54, 1.807) is 7.11 Å². The van der Waals surface area contributed by atoms with E-state index in [-0.39, 0.29) is 6.04 Å². The number of nitrogens with zero attached hydrogens (tertiary/aromatic N) is 1. The highest BCUT2D eigenvalue weighted by atomic mass is 16.5. The number of nitrogens with two attached hydrogens (primary N) is 1. The summed E-state index contributed by atoms with van der Waals surface area (Å²) in [5.41, 5.74) is 10.5. The molecule has 0 aliphatic heterocycles. The predicted octanol–water partition coefficient (Wildman–Crippen LogP) is 2.76. The van der Waals surface area contributed by atoms with Crippen molar-refractivity contribution < 1.29 is 4.74 Å². The van der Waals surface area contributed by atoms with E-state index >= 15 is 0 Å². The normalized spacial score (nSPS) is 12.2. The summed E-state index contributed by atoms with van der Waals surface area (Å²) in [5.74, 6) is 0.833. The molecule has 1 atom stereocenters. The van der Waals surface area contributed by atoms with Gasteiger partial charge in [0.1, 0.15) is 5.75 Å². The Balaban J connectivity index is 2.31. The maximum absolute atomic E-state index is 6.26. The van der Waals surface area contributed by atoms with Crippen molar-refractivity contribution >= 4 is 0 Å². The van der Waals surface area contributed by atoms with Crippen molar-refractivity contribution in [1.82, 2.24) is 4.98 Å².